The van der Waals surface area contributed by atoms with Crippen LogP contribution in [-0.2, 0) is 0 Å². The van der Waals surface area contributed by atoms with Crippen molar-refractivity contribution in [2.45, 2.75) is 6.92 Å². The number of aromatic amines is 1. The van der Waals surface area contributed by atoms with E-state index in [1.165, 1.54) is 0 Å². The maximum atomic E-state index is 9.31. The van der Waals surface area contributed by atoms with Gasteiger partial charge in [-0.2, -0.15) is 14.9 Å². The first-order chi connectivity index (χ1) is 11.7. The van der Waals surface area contributed by atoms with Gasteiger partial charge >= 0.3 is 0 Å². The molecule has 0 saturated heterocycles. The summed E-state index contributed by atoms with van der Waals surface area (Å²) in [5.74, 6) is 1.62. The molecule has 2 N–H and O–H groups in total. The molecule has 0 atom stereocenters. The lowest BCUT2D eigenvalue weighted by atomic mass is 10.2. The van der Waals surface area contributed by atoms with Crippen molar-refractivity contribution in [1.82, 2.24) is 14.9 Å². The highest BCUT2D eigenvalue weighted by atomic mass is 32.1. The zero-order chi connectivity index (χ0) is 16.9. The van der Waals surface area contributed by atoms with Crippen LogP contribution in [0.1, 0.15) is 12.5 Å². The molecular formula is C17H16N4O2S. The molecule has 1 aromatic heterocycles. The number of H-pyrrole nitrogens is 1. The number of nitrogens with zero attached hydrogens (tertiary/aromatic N) is 3. The molecule has 7 heteroatoms. The van der Waals surface area contributed by atoms with E-state index in [2.05, 4.69) is 15.3 Å². The second kappa shape index (κ2) is 7.10. The van der Waals surface area contributed by atoms with E-state index < -0.39 is 0 Å². The molecule has 0 fully saturated rings. The summed E-state index contributed by atoms with van der Waals surface area (Å²) in [6.45, 7) is 2.56. The summed E-state index contributed by atoms with van der Waals surface area (Å²) in [6.07, 6.45) is 1.66. The van der Waals surface area contributed by atoms with Gasteiger partial charge in [0.05, 0.1) is 12.8 Å². The number of benzene rings is 2. The van der Waals surface area contributed by atoms with Crippen molar-refractivity contribution in [3.05, 3.63) is 58.9 Å². The number of ether oxygens (including phenoxy) is 1. The van der Waals surface area contributed by atoms with Crippen LogP contribution in [0.25, 0.3) is 11.4 Å². The number of hydrogen-bond donors (Lipinski definition) is 2. The Bertz CT molecular complexity index is 896. The average Bonchev–Trinajstić information content (AvgIpc) is 2.96. The minimum atomic E-state index is 0.210. The number of rotatable bonds is 5. The summed E-state index contributed by atoms with van der Waals surface area (Å²) >= 11 is 5.24. The van der Waals surface area contributed by atoms with Crippen LogP contribution in [0.5, 0.6) is 11.5 Å². The van der Waals surface area contributed by atoms with Crippen LogP contribution in [0.3, 0.4) is 0 Å². The number of aromatic hydroxyl groups is 1. The molecule has 6 nitrogen and oxygen atoms in total. The Morgan fingerprint density at radius 1 is 1.21 bits per heavy atom. The van der Waals surface area contributed by atoms with Crippen LogP contribution in [0.4, 0.5) is 0 Å². The SMILES string of the molecule is CCOc1ccc(-c2n[nH]c(=S)n2/N=C\c2ccc(O)cc2)cc1. The number of nitrogens with one attached hydrogen (secondary N) is 1. The highest BCUT2D eigenvalue weighted by Gasteiger charge is 2.08. The lowest BCUT2D eigenvalue weighted by Crippen LogP contribution is -1.95. The number of hydrogen-bond acceptors (Lipinski definition) is 5. The Kier molecular flexibility index (Phi) is 4.72. The molecule has 0 amide bonds. The summed E-state index contributed by atoms with van der Waals surface area (Å²) in [4.78, 5) is 0. The zero-order valence-corrected chi connectivity index (χ0v) is 13.8. The van der Waals surface area contributed by atoms with E-state index in [0.29, 0.717) is 17.2 Å². The molecule has 0 unspecified atom stereocenters. The summed E-state index contributed by atoms with van der Waals surface area (Å²) in [6, 6.07) is 14.3. The van der Waals surface area contributed by atoms with Gasteiger partial charge in [0.2, 0.25) is 4.77 Å². The van der Waals surface area contributed by atoms with Crippen LogP contribution in [0.2, 0.25) is 0 Å². The van der Waals surface area contributed by atoms with Crippen molar-refractivity contribution < 1.29 is 9.84 Å². The molecule has 0 saturated carbocycles. The van der Waals surface area contributed by atoms with Gasteiger partial charge in [-0.3, -0.25) is 0 Å². The molecule has 0 radical (unpaired) electrons. The fourth-order valence-corrected chi connectivity index (χ4v) is 2.32. The summed E-state index contributed by atoms with van der Waals surface area (Å²) in [5.41, 5.74) is 1.71. The van der Waals surface area contributed by atoms with E-state index in [1.54, 1.807) is 35.2 Å². The minimum absolute atomic E-state index is 0.210. The predicted octanol–water partition coefficient (Wildman–Crippen LogP) is 3.59. The summed E-state index contributed by atoms with van der Waals surface area (Å²) in [5, 5.41) is 20.7. The molecule has 24 heavy (non-hydrogen) atoms. The Balaban J connectivity index is 1.91. The fourth-order valence-electron chi connectivity index (χ4n) is 2.14. The number of phenolic OH excluding ortho intramolecular Hbond substituents is 1. The molecule has 3 rings (SSSR count). The first-order valence-corrected chi connectivity index (χ1v) is 7.82. The topological polar surface area (TPSA) is 75.4 Å². The smallest absolute Gasteiger partial charge is 0.216 e. The van der Waals surface area contributed by atoms with Crippen molar-refractivity contribution in [1.29, 1.82) is 0 Å². The maximum Gasteiger partial charge on any atom is 0.216 e. The highest BCUT2D eigenvalue weighted by Crippen LogP contribution is 2.21. The largest absolute Gasteiger partial charge is 0.508 e. The Hall–Kier alpha value is -2.93. The van der Waals surface area contributed by atoms with Gasteiger partial charge in [-0.25, -0.2) is 5.10 Å². The van der Waals surface area contributed by atoms with Crippen LogP contribution < -0.4 is 4.74 Å². The molecule has 0 aliphatic rings. The molecule has 0 spiro atoms. The van der Waals surface area contributed by atoms with Crippen molar-refractivity contribution in [2.24, 2.45) is 5.10 Å². The Morgan fingerprint density at radius 3 is 2.58 bits per heavy atom. The van der Waals surface area contributed by atoms with Crippen molar-refractivity contribution >= 4 is 18.4 Å². The third kappa shape index (κ3) is 3.52. The van der Waals surface area contributed by atoms with E-state index in [1.807, 2.05) is 31.2 Å². The van der Waals surface area contributed by atoms with Crippen LogP contribution in [0, 0.1) is 4.77 Å². The van der Waals surface area contributed by atoms with E-state index in [0.717, 1.165) is 16.9 Å². The molecule has 1 heterocycles. The second-order valence-corrected chi connectivity index (χ2v) is 5.34. The monoisotopic (exact) mass is 340 g/mol. The van der Waals surface area contributed by atoms with Gasteiger partial charge in [0.1, 0.15) is 11.5 Å². The molecular weight excluding hydrogens is 324 g/mol. The average molecular weight is 340 g/mol. The van der Waals surface area contributed by atoms with Gasteiger partial charge in [-0.15, -0.1) is 0 Å². The van der Waals surface area contributed by atoms with Gasteiger partial charge in [0, 0.05) is 5.56 Å². The lowest BCUT2D eigenvalue weighted by Gasteiger charge is -2.04. The maximum absolute atomic E-state index is 9.31. The third-order valence-corrected chi connectivity index (χ3v) is 3.55. The summed E-state index contributed by atoms with van der Waals surface area (Å²) in [7, 11) is 0. The standard InChI is InChI=1S/C17H16N4O2S/c1-2-23-15-9-5-13(6-10-15)16-19-20-17(24)21(16)18-11-12-3-7-14(22)8-4-12/h3-11,22H,2H2,1H3,(H,20,24)/b18-11-. The van der Waals surface area contributed by atoms with E-state index >= 15 is 0 Å². The van der Waals surface area contributed by atoms with Gasteiger partial charge in [-0.1, -0.05) is 0 Å². The molecule has 0 bridgehead atoms. The Labute approximate surface area is 144 Å². The van der Waals surface area contributed by atoms with Gasteiger partial charge in [0.25, 0.3) is 0 Å². The van der Waals surface area contributed by atoms with Gasteiger partial charge < -0.3 is 9.84 Å². The van der Waals surface area contributed by atoms with Crippen LogP contribution >= 0.6 is 12.2 Å². The van der Waals surface area contributed by atoms with Crippen molar-refractivity contribution in [2.75, 3.05) is 6.61 Å². The molecule has 2 aromatic carbocycles. The predicted molar refractivity (Wildman–Crippen MR) is 95.1 cm³/mol. The van der Waals surface area contributed by atoms with E-state index in [9.17, 15) is 5.11 Å². The number of aromatic nitrogens is 3. The normalized spacial score (nSPS) is 11.0. The van der Waals surface area contributed by atoms with Gasteiger partial charge in [0.15, 0.2) is 5.82 Å². The molecule has 0 aliphatic heterocycles. The van der Waals surface area contributed by atoms with Gasteiger partial charge in [-0.05, 0) is 73.2 Å². The quantitative estimate of drug-likeness (QED) is 0.550. The van der Waals surface area contributed by atoms with Crippen molar-refractivity contribution in [3.8, 4) is 22.9 Å². The lowest BCUT2D eigenvalue weighted by molar-refractivity contribution is 0.340. The highest BCUT2D eigenvalue weighted by molar-refractivity contribution is 7.71. The Morgan fingerprint density at radius 2 is 1.92 bits per heavy atom. The van der Waals surface area contributed by atoms with E-state index in [-0.39, 0.29) is 5.75 Å². The van der Waals surface area contributed by atoms with Crippen molar-refractivity contribution in [3.63, 3.8) is 0 Å². The van der Waals surface area contributed by atoms with Crippen LogP contribution in [0.15, 0.2) is 53.6 Å². The number of phenols is 1. The molecule has 122 valence electrons. The van der Waals surface area contributed by atoms with E-state index in [4.69, 9.17) is 17.0 Å². The first-order valence-electron chi connectivity index (χ1n) is 7.41. The first kappa shape index (κ1) is 15.9. The second-order valence-electron chi connectivity index (χ2n) is 4.96. The summed E-state index contributed by atoms with van der Waals surface area (Å²) < 4.78 is 7.39. The molecule has 0 aliphatic carbocycles. The third-order valence-electron chi connectivity index (χ3n) is 3.29. The molecule has 3 aromatic rings. The minimum Gasteiger partial charge on any atom is -0.508 e. The zero-order valence-electron chi connectivity index (χ0n) is 13.0. The van der Waals surface area contributed by atoms with Crippen LogP contribution in [-0.4, -0.2) is 32.8 Å². The fraction of sp³-hybridized carbons (Fsp3) is 0.118.